The largest absolute Gasteiger partial charge is 0.421 e. The SMILES string of the molecule is CCCc1ccc(C2CCC(C(=O)Oc3cc(F)c(F)nc3F)CC2)cc1. The number of rotatable bonds is 5. The summed E-state index contributed by atoms with van der Waals surface area (Å²) in [6.45, 7) is 2.15. The summed E-state index contributed by atoms with van der Waals surface area (Å²) in [7, 11) is 0. The topological polar surface area (TPSA) is 39.2 Å². The van der Waals surface area contributed by atoms with Gasteiger partial charge >= 0.3 is 5.97 Å². The Balaban J connectivity index is 1.57. The van der Waals surface area contributed by atoms with E-state index in [0.717, 1.165) is 25.7 Å². The van der Waals surface area contributed by atoms with Crippen molar-refractivity contribution in [2.24, 2.45) is 5.92 Å². The Kier molecular flexibility index (Phi) is 6.14. The van der Waals surface area contributed by atoms with Crippen LogP contribution in [0.15, 0.2) is 30.3 Å². The molecule has 0 spiro atoms. The van der Waals surface area contributed by atoms with E-state index in [1.165, 1.54) is 11.1 Å². The van der Waals surface area contributed by atoms with Crippen molar-refractivity contribution in [3.05, 3.63) is 59.2 Å². The van der Waals surface area contributed by atoms with Gasteiger partial charge in [0.25, 0.3) is 11.9 Å². The lowest BCUT2D eigenvalue weighted by Gasteiger charge is -2.27. The molecule has 0 aliphatic heterocycles. The Morgan fingerprint density at radius 3 is 2.37 bits per heavy atom. The molecule has 144 valence electrons. The van der Waals surface area contributed by atoms with E-state index in [2.05, 4.69) is 36.2 Å². The van der Waals surface area contributed by atoms with Gasteiger partial charge in [0.2, 0.25) is 0 Å². The molecule has 0 unspecified atom stereocenters. The summed E-state index contributed by atoms with van der Waals surface area (Å²) in [5, 5.41) is 0. The van der Waals surface area contributed by atoms with Crippen molar-refractivity contribution in [2.45, 2.75) is 51.4 Å². The van der Waals surface area contributed by atoms with Gasteiger partial charge in [0, 0.05) is 6.07 Å². The molecule has 0 amide bonds. The number of aromatic nitrogens is 1. The van der Waals surface area contributed by atoms with Crippen LogP contribution in [-0.2, 0) is 11.2 Å². The fourth-order valence-corrected chi connectivity index (χ4v) is 3.60. The number of carbonyl (C=O) groups is 1. The number of pyridine rings is 1. The second-order valence-corrected chi connectivity index (χ2v) is 7.01. The summed E-state index contributed by atoms with van der Waals surface area (Å²) in [6, 6.07) is 9.11. The van der Waals surface area contributed by atoms with Crippen molar-refractivity contribution in [3.63, 3.8) is 0 Å². The van der Waals surface area contributed by atoms with Crippen molar-refractivity contribution < 1.29 is 22.7 Å². The molecule has 1 aliphatic carbocycles. The maximum absolute atomic E-state index is 13.5. The van der Waals surface area contributed by atoms with Gasteiger partial charge in [-0.3, -0.25) is 4.79 Å². The third-order valence-corrected chi connectivity index (χ3v) is 5.12. The van der Waals surface area contributed by atoms with E-state index in [9.17, 15) is 18.0 Å². The number of carbonyl (C=O) groups excluding carboxylic acids is 1. The molecule has 3 nitrogen and oxygen atoms in total. The monoisotopic (exact) mass is 377 g/mol. The van der Waals surface area contributed by atoms with Gasteiger partial charge in [0.1, 0.15) is 0 Å². The third kappa shape index (κ3) is 4.67. The van der Waals surface area contributed by atoms with Gasteiger partial charge in [-0.2, -0.15) is 13.8 Å². The predicted octanol–water partition coefficient (Wildman–Crippen LogP) is 5.33. The van der Waals surface area contributed by atoms with Crippen LogP contribution in [0.4, 0.5) is 13.2 Å². The van der Waals surface area contributed by atoms with Gasteiger partial charge in [-0.1, -0.05) is 37.6 Å². The Labute approximate surface area is 156 Å². The first-order valence-corrected chi connectivity index (χ1v) is 9.30. The van der Waals surface area contributed by atoms with E-state index in [1.54, 1.807) is 0 Å². The van der Waals surface area contributed by atoms with Crippen LogP contribution in [0.1, 0.15) is 56.1 Å². The van der Waals surface area contributed by atoms with E-state index in [-0.39, 0.29) is 5.92 Å². The summed E-state index contributed by atoms with van der Waals surface area (Å²) in [6.07, 6.45) is 5.05. The Hall–Kier alpha value is -2.37. The maximum Gasteiger partial charge on any atom is 0.314 e. The smallest absolute Gasteiger partial charge is 0.314 e. The average Bonchev–Trinajstić information content (AvgIpc) is 2.67. The van der Waals surface area contributed by atoms with Crippen LogP contribution >= 0.6 is 0 Å². The van der Waals surface area contributed by atoms with E-state index in [4.69, 9.17) is 4.74 Å². The standard InChI is InChI=1S/C21H22F3NO2/c1-2-3-13-4-6-14(7-5-13)15-8-10-16(11-9-15)21(26)27-18-12-17(22)19(23)25-20(18)24/h4-7,12,15-16H,2-3,8-11H2,1H3. The van der Waals surface area contributed by atoms with Crippen LogP contribution in [0, 0.1) is 23.6 Å². The van der Waals surface area contributed by atoms with Crippen LogP contribution in [-0.4, -0.2) is 11.0 Å². The summed E-state index contributed by atoms with van der Waals surface area (Å²) >= 11 is 0. The zero-order chi connectivity index (χ0) is 19.4. The summed E-state index contributed by atoms with van der Waals surface area (Å²) in [5.74, 6) is -5.54. The first-order valence-electron chi connectivity index (χ1n) is 9.30. The highest BCUT2D eigenvalue weighted by atomic mass is 19.2. The second-order valence-electron chi connectivity index (χ2n) is 7.01. The molecule has 1 fully saturated rings. The first-order chi connectivity index (χ1) is 13.0. The van der Waals surface area contributed by atoms with E-state index in [0.29, 0.717) is 24.8 Å². The number of ether oxygens (including phenoxy) is 1. The highest BCUT2D eigenvalue weighted by molar-refractivity contribution is 5.75. The van der Waals surface area contributed by atoms with Crippen LogP contribution in [0.25, 0.3) is 0 Å². The molecule has 6 heteroatoms. The molecule has 3 rings (SSSR count). The van der Waals surface area contributed by atoms with Crippen LogP contribution in [0.2, 0.25) is 0 Å². The molecular formula is C21H22F3NO2. The van der Waals surface area contributed by atoms with Crippen LogP contribution in [0.3, 0.4) is 0 Å². The number of halogens is 3. The number of benzene rings is 1. The lowest BCUT2D eigenvalue weighted by molar-refractivity contribution is -0.140. The average molecular weight is 377 g/mol. The predicted molar refractivity (Wildman–Crippen MR) is 94.9 cm³/mol. The Morgan fingerprint density at radius 2 is 1.74 bits per heavy atom. The lowest BCUT2D eigenvalue weighted by atomic mass is 9.78. The third-order valence-electron chi connectivity index (χ3n) is 5.12. The van der Waals surface area contributed by atoms with Crippen molar-refractivity contribution in [1.29, 1.82) is 0 Å². The minimum Gasteiger partial charge on any atom is -0.421 e. The van der Waals surface area contributed by atoms with Gasteiger partial charge < -0.3 is 4.74 Å². The molecular weight excluding hydrogens is 355 g/mol. The first kappa shape index (κ1) is 19.4. The minimum absolute atomic E-state index is 0.381. The van der Waals surface area contributed by atoms with E-state index < -0.39 is 29.4 Å². The molecule has 2 aromatic rings. The minimum atomic E-state index is -1.56. The molecule has 1 aromatic heterocycles. The number of aryl methyl sites for hydroxylation is 1. The molecule has 1 aliphatic rings. The van der Waals surface area contributed by atoms with Gasteiger partial charge in [-0.05, 0) is 49.1 Å². The Morgan fingerprint density at radius 1 is 1.07 bits per heavy atom. The summed E-state index contributed by atoms with van der Waals surface area (Å²) < 4.78 is 44.5. The van der Waals surface area contributed by atoms with Crippen molar-refractivity contribution in [1.82, 2.24) is 4.98 Å². The van der Waals surface area contributed by atoms with Crippen molar-refractivity contribution >= 4 is 5.97 Å². The van der Waals surface area contributed by atoms with Gasteiger partial charge in [0.15, 0.2) is 11.6 Å². The maximum atomic E-state index is 13.5. The zero-order valence-electron chi connectivity index (χ0n) is 15.2. The van der Waals surface area contributed by atoms with Gasteiger partial charge in [-0.25, -0.2) is 4.39 Å². The molecule has 0 N–H and O–H groups in total. The van der Waals surface area contributed by atoms with Crippen LogP contribution < -0.4 is 4.74 Å². The molecule has 0 bridgehead atoms. The molecule has 1 heterocycles. The van der Waals surface area contributed by atoms with Crippen molar-refractivity contribution in [2.75, 3.05) is 0 Å². The Bertz CT molecular complexity index is 800. The van der Waals surface area contributed by atoms with Crippen LogP contribution in [0.5, 0.6) is 5.75 Å². The molecule has 0 saturated heterocycles. The highest BCUT2D eigenvalue weighted by Gasteiger charge is 2.29. The number of nitrogens with zero attached hydrogens (tertiary/aromatic N) is 1. The fraction of sp³-hybridized carbons (Fsp3) is 0.429. The quantitative estimate of drug-likeness (QED) is 0.522. The molecule has 0 radical (unpaired) electrons. The normalized spacial score (nSPS) is 19.7. The molecule has 1 saturated carbocycles. The van der Waals surface area contributed by atoms with E-state index >= 15 is 0 Å². The second kappa shape index (κ2) is 8.55. The van der Waals surface area contributed by atoms with Crippen molar-refractivity contribution in [3.8, 4) is 5.75 Å². The van der Waals surface area contributed by atoms with E-state index in [1.807, 2.05) is 0 Å². The number of hydrogen-bond acceptors (Lipinski definition) is 3. The van der Waals surface area contributed by atoms with Gasteiger partial charge in [0.05, 0.1) is 5.92 Å². The number of esters is 1. The number of hydrogen-bond donors (Lipinski definition) is 0. The lowest BCUT2D eigenvalue weighted by Crippen LogP contribution is -2.25. The molecule has 0 atom stereocenters. The summed E-state index contributed by atoms with van der Waals surface area (Å²) in [5.41, 5.74) is 2.58. The zero-order valence-corrected chi connectivity index (χ0v) is 15.2. The van der Waals surface area contributed by atoms with Gasteiger partial charge in [-0.15, -0.1) is 0 Å². The molecule has 27 heavy (non-hydrogen) atoms. The fourth-order valence-electron chi connectivity index (χ4n) is 3.60. The molecule has 1 aromatic carbocycles. The summed E-state index contributed by atoms with van der Waals surface area (Å²) in [4.78, 5) is 15.0. The highest BCUT2D eigenvalue weighted by Crippen LogP contribution is 2.36.